The Hall–Kier alpha value is -1.76. The van der Waals surface area contributed by atoms with Crippen LogP contribution in [0.3, 0.4) is 0 Å². The SMILES string of the molecule is C#CCCCC(=O)c1ccccc1C(F)(F)F. The smallest absolute Gasteiger partial charge is 0.294 e. The average molecular weight is 240 g/mol. The molecule has 0 spiro atoms. The maximum Gasteiger partial charge on any atom is 0.417 e. The molecular weight excluding hydrogens is 229 g/mol. The van der Waals surface area contributed by atoms with Crippen LogP contribution in [-0.2, 0) is 6.18 Å². The standard InChI is InChI=1S/C13H11F3O/c1-2-3-4-9-12(17)10-7-5-6-8-11(10)13(14,15)16/h1,5-8H,3-4,9H2. The van der Waals surface area contributed by atoms with E-state index in [9.17, 15) is 18.0 Å². The first-order chi connectivity index (χ1) is 7.96. The molecule has 1 aromatic carbocycles. The van der Waals surface area contributed by atoms with E-state index in [1.807, 2.05) is 0 Å². The van der Waals surface area contributed by atoms with E-state index in [1.54, 1.807) is 0 Å². The minimum Gasteiger partial charge on any atom is -0.294 e. The third-order valence-corrected chi connectivity index (χ3v) is 2.26. The van der Waals surface area contributed by atoms with Crippen molar-refractivity contribution < 1.29 is 18.0 Å². The lowest BCUT2D eigenvalue weighted by Gasteiger charge is -2.11. The minimum absolute atomic E-state index is 0.0390. The van der Waals surface area contributed by atoms with Crippen LogP contribution in [0.15, 0.2) is 24.3 Å². The van der Waals surface area contributed by atoms with Crippen LogP contribution < -0.4 is 0 Å². The fraction of sp³-hybridized carbons (Fsp3) is 0.308. The maximum absolute atomic E-state index is 12.6. The highest BCUT2D eigenvalue weighted by atomic mass is 19.4. The van der Waals surface area contributed by atoms with Crippen LogP contribution >= 0.6 is 0 Å². The van der Waals surface area contributed by atoms with Crippen LogP contribution in [0.25, 0.3) is 0 Å². The Bertz CT molecular complexity index is 441. The number of halogens is 3. The number of Topliss-reactive ketones (excluding diaryl/α,β-unsaturated/α-hetero) is 1. The summed E-state index contributed by atoms with van der Waals surface area (Å²) in [5.41, 5.74) is -1.16. The summed E-state index contributed by atoms with van der Waals surface area (Å²) >= 11 is 0. The number of carbonyl (C=O) groups is 1. The van der Waals surface area contributed by atoms with Gasteiger partial charge < -0.3 is 0 Å². The maximum atomic E-state index is 12.6. The Morgan fingerprint density at radius 1 is 1.29 bits per heavy atom. The van der Waals surface area contributed by atoms with Gasteiger partial charge in [-0.15, -0.1) is 12.3 Å². The molecule has 0 bridgehead atoms. The molecule has 0 saturated heterocycles. The molecule has 1 rings (SSSR count). The second kappa shape index (κ2) is 5.53. The van der Waals surface area contributed by atoms with Crippen molar-refractivity contribution >= 4 is 5.78 Å². The van der Waals surface area contributed by atoms with Crippen LogP contribution in [0, 0.1) is 12.3 Å². The molecule has 0 saturated carbocycles. The van der Waals surface area contributed by atoms with Gasteiger partial charge in [-0.2, -0.15) is 13.2 Å². The lowest BCUT2D eigenvalue weighted by molar-refractivity contribution is -0.137. The molecule has 1 nitrogen and oxygen atoms in total. The van der Waals surface area contributed by atoms with Crippen molar-refractivity contribution in [2.24, 2.45) is 0 Å². The summed E-state index contributed by atoms with van der Waals surface area (Å²) in [5.74, 6) is 1.82. The largest absolute Gasteiger partial charge is 0.417 e. The Kier molecular flexibility index (Phi) is 4.33. The van der Waals surface area contributed by atoms with Crippen molar-refractivity contribution in [1.82, 2.24) is 0 Å². The first-order valence-electron chi connectivity index (χ1n) is 5.09. The zero-order valence-electron chi connectivity index (χ0n) is 9.05. The Morgan fingerprint density at radius 3 is 2.53 bits per heavy atom. The topological polar surface area (TPSA) is 17.1 Å². The second-order valence-electron chi connectivity index (χ2n) is 3.52. The summed E-state index contributed by atoms with van der Waals surface area (Å²) in [4.78, 5) is 11.6. The summed E-state index contributed by atoms with van der Waals surface area (Å²) in [7, 11) is 0. The number of unbranched alkanes of at least 4 members (excludes halogenated alkanes) is 1. The Labute approximate surface area is 97.6 Å². The van der Waals surface area contributed by atoms with Gasteiger partial charge in [-0.3, -0.25) is 4.79 Å². The van der Waals surface area contributed by atoms with E-state index in [2.05, 4.69) is 5.92 Å². The number of benzene rings is 1. The van der Waals surface area contributed by atoms with E-state index >= 15 is 0 Å². The molecule has 0 N–H and O–H groups in total. The van der Waals surface area contributed by atoms with Gasteiger partial charge in [0.2, 0.25) is 0 Å². The molecule has 0 aliphatic carbocycles. The van der Waals surface area contributed by atoms with Crippen LogP contribution in [0.1, 0.15) is 35.2 Å². The Balaban J connectivity index is 2.91. The first kappa shape index (κ1) is 13.3. The fourth-order valence-corrected chi connectivity index (χ4v) is 1.46. The van der Waals surface area contributed by atoms with Crippen LogP contribution in [-0.4, -0.2) is 5.78 Å². The van der Waals surface area contributed by atoms with E-state index in [-0.39, 0.29) is 12.0 Å². The van der Waals surface area contributed by atoms with E-state index < -0.39 is 17.5 Å². The average Bonchev–Trinajstić information content (AvgIpc) is 2.28. The van der Waals surface area contributed by atoms with Crippen molar-refractivity contribution in [3.63, 3.8) is 0 Å². The summed E-state index contributed by atoms with van der Waals surface area (Å²) in [6, 6.07) is 4.79. The van der Waals surface area contributed by atoms with Crippen LogP contribution in [0.5, 0.6) is 0 Å². The normalized spacial score (nSPS) is 10.9. The van der Waals surface area contributed by atoms with Crippen molar-refractivity contribution in [3.8, 4) is 12.3 Å². The van der Waals surface area contributed by atoms with Crippen LogP contribution in [0.2, 0.25) is 0 Å². The molecule has 0 unspecified atom stereocenters. The zero-order valence-corrected chi connectivity index (χ0v) is 9.05. The predicted octanol–water partition coefficient (Wildman–Crippen LogP) is 3.69. The second-order valence-corrected chi connectivity index (χ2v) is 3.52. The van der Waals surface area contributed by atoms with Crippen LogP contribution in [0.4, 0.5) is 13.2 Å². The van der Waals surface area contributed by atoms with Gasteiger partial charge in [0.15, 0.2) is 5.78 Å². The van der Waals surface area contributed by atoms with E-state index in [1.165, 1.54) is 18.2 Å². The third kappa shape index (κ3) is 3.63. The molecular formula is C13H11F3O. The molecule has 0 radical (unpaired) electrons. The van der Waals surface area contributed by atoms with Gasteiger partial charge in [-0.05, 0) is 12.5 Å². The van der Waals surface area contributed by atoms with Gasteiger partial charge in [0.1, 0.15) is 0 Å². The van der Waals surface area contributed by atoms with Crippen molar-refractivity contribution in [1.29, 1.82) is 0 Å². The van der Waals surface area contributed by atoms with E-state index in [0.717, 1.165) is 6.07 Å². The highest BCUT2D eigenvalue weighted by Crippen LogP contribution is 2.32. The van der Waals surface area contributed by atoms with Crippen molar-refractivity contribution in [2.45, 2.75) is 25.4 Å². The molecule has 0 heterocycles. The number of ketones is 1. The van der Waals surface area contributed by atoms with E-state index in [0.29, 0.717) is 12.8 Å². The first-order valence-corrected chi connectivity index (χ1v) is 5.09. The summed E-state index contributed by atoms with van der Waals surface area (Å²) in [6.07, 6.45) is 1.34. The number of alkyl halides is 3. The number of rotatable bonds is 4. The zero-order chi connectivity index (χ0) is 12.9. The molecule has 0 atom stereocenters. The predicted molar refractivity (Wildman–Crippen MR) is 58.5 cm³/mol. The highest BCUT2D eigenvalue weighted by Gasteiger charge is 2.34. The molecule has 0 aliphatic heterocycles. The molecule has 90 valence electrons. The lowest BCUT2D eigenvalue weighted by atomic mass is 10.00. The number of carbonyl (C=O) groups excluding carboxylic acids is 1. The molecule has 17 heavy (non-hydrogen) atoms. The van der Waals surface area contributed by atoms with Gasteiger partial charge in [0, 0.05) is 18.4 Å². The Morgan fingerprint density at radius 2 is 1.94 bits per heavy atom. The fourth-order valence-electron chi connectivity index (χ4n) is 1.46. The molecule has 4 heteroatoms. The molecule has 0 amide bonds. The number of hydrogen-bond acceptors (Lipinski definition) is 1. The molecule has 0 aliphatic rings. The highest BCUT2D eigenvalue weighted by molar-refractivity contribution is 5.97. The third-order valence-electron chi connectivity index (χ3n) is 2.26. The monoisotopic (exact) mass is 240 g/mol. The summed E-state index contributed by atoms with van der Waals surface area (Å²) in [5, 5.41) is 0. The summed E-state index contributed by atoms with van der Waals surface area (Å²) < 4.78 is 37.8. The number of terminal acetylenes is 1. The quantitative estimate of drug-likeness (QED) is 0.445. The van der Waals surface area contributed by atoms with Gasteiger partial charge in [0.05, 0.1) is 5.56 Å². The minimum atomic E-state index is -4.50. The molecule has 0 fully saturated rings. The lowest BCUT2D eigenvalue weighted by Crippen LogP contribution is -2.12. The van der Waals surface area contributed by atoms with Crippen molar-refractivity contribution in [2.75, 3.05) is 0 Å². The number of hydrogen-bond donors (Lipinski definition) is 0. The van der Waals surface area contributed by atoms with Gasteiger partial charge >= 0.3 is 6.18 Å². The van der Waals surface area contributed by atoms with Gasteiger partial charge in [-0.1, -0.05) is 18.2 Å². The molecule has 0 aromatic heterocycles. The van der Waals surface area contributed by atoms with Gasteiger partial charge in [-0.25, -0.2) is 0 Å². The van der Waals surface area contributed by atoms with Gasteiger partial charge in [0.25, 0.3) is 0 Å². The van der Waals surface area contributed by atoms with E-state index in [4.69, 9.17) is 6.42 Å². The van der Waals surface area contributed by atoms with Crippen molar-refractivity contribution in [3.05, 3.63) is 35.4 Å². The summed E-state index contributed by atoms with van der Waals surface area (Å²) in [6.45, 7) is 0. The molecule has 1 aromatic rings.